The maximum Gasteiger partial charge on any atom is 0.341 e. The van der Waals surface area contributed by atoms with Crippen molar-refractivity contribution >= 4 is 39.6 Å². The third-order valence-electron chi connectivity index (χ3n) is 5.98. The molecule has 1 saturated heterocycles. The van der Waals surface area contributed by atoms with Crippen LogP contribution in [0.4, 0.5) is 5.00 Å². The van der Waals surface area contributed by atoms with Crippen molar-refractivity contribution in [3.63, 3.8) is 0 Å². The second-order valence-corrected chi connectivity index (χ2v) is 9.44. The molecular formula is C23H29N3O3S2. The number of aryl methyl sites for hydroxylation is 1. The van der Waals surface area contributed by atoms with E-state index < -0.39 is 0 Å². The number of ether oxygens (including phenoxy) is 2. The fourth-order valence-corrected chi connectivity index (χ4v) is 5.91. The Morgan fingerprint density at radius 2 is 1.94 bits per heavy atom. The van der Waals surface area contributed by atoms with E-state index in [1.54, 1.807) is 18.4 Å². The van der Waals surface area contributed by atoms with Crippen LogP contribution in [0.2, 0.25) is 0 Å². The molecule has 1 aliphatic heterocycles. The molecule has 0 saturated carbocycles. The Labute approximate surface area is 193 Å². The van der Waals surface area contributed by atoms with Crippen LogP contribution in [0.15, 0.2) is 24.3 Å². The molecule has 1 N–H and O–H groups in total. The van der Waals surface area contributed by atoms with Gasteiger partial charge in [-0.2, -0.15) is 0 Å². The molecule has 4 rings (SSSR count). The maximum absolute atomic E-state index is 12.5. The minimum Gasteiger partial charge on any atom is -0.497 e. The average molecular weight is 460 g/mol. The topological polar surface area (TPSA) is 54.0 Å². The fraction of sp³-hybridized carbons (Fsp3) is 0.478. The smallest absolute Gasteiger partial charge is 0.341 e. The van der Waals surface area contributed by atoms with Crippen molar-refractivity contribution in [1.82, 2.24) is 9.80 Å². The lowest BCUT2D eigenvalue weighted by Gasteiger charge is -2.36. The van der Waals surface area contributed by atoms with Gasteiger partial charge in [0.15, 0.2) is 5.11 Å². The molecule has 166 valence electrons. The molecule has 6 nitrogen and oxygen atoms in total. The summed E-state index contributed by atoms with van der Waals surface area (Å²) in [5.74, 6) is 0.620. The van der Waals surface area contributed by atoms with Crippen molar-refractivity contribution in [1.29, 1.82) is 0 Å². The van der Waals surface area contributed by atoms with Gasteiger partial charge in [-0.25, -0.2) is 4.79 Å². The Balaban J connectivity index is 1.37. The van der Waals surface area contributed by atoms with Gasteiger partial charge in [-0.15, -0.1) is 11.3 Å². The summed E-state index contributed by atoms with van der Waals surface area (Å²) in [7, 11) is 3.14. The molecule has 2 aliphatic rings. The van der Waals surface area contributed by atoms with Crippen molar-refractivity contribution in [3.8, 4) is 5.75 Å². The summed E-state index contributed by atoms with van der Waals surface area (Å²) in [6.07, 6.45) is 4.26. The number of carbonyl (C=O) groups excluding carboxylic acids is 1. The normalized spacial score (nSPS) is 16.5. The second-order valence-electron chi connectivity index (χ2n) is 7.95. The number of esters is 1. The molecule has 0 amide bonds. The zero-order chi connectivity index (χ0) is 21.8. The first-order valence-corrected chi connectivity index (χ1v) is 12.0. The highest BCUT2D eigenvalue weighted by Gasteiger charge is 2.27. The van der Waals surface area contributed by atoms with Crippen molar-refractivity contribution < 1.29 is 14.3 Å². The quantitative estimate of drug-likeness (QED) is 0.537. The van der Waals surface area contributed by atoms with E-state index in [1.165, 1.54) is 24.0 Å². The van der Waals surface area contributed by atoms with E-state index in [9.17, 15) is 4.79 Å². The summed E-state index contributed by atoms with van der Waals surface area (Å²) >= 11 is 7.37. The number of thiocarbonyl (C=S) groups is 1. The van der Waals surface area contributed by atoms with E-state index in [-0.39, 0.29) is 5.97 Å². The van der Waals surface area contributed by atoms with Crippen LogP contribution in [0.1, 0.15) is 39.2 Å². The monoisotopic (exact) mass is 459 g/mol. The largest absolute Gasteiger partial charge is 0.497 e. The minimum absolute atomic E-state index is 0.271. The van der Waals surface area contributed by atoms with Gasteiger partial charge in [0.1, 0.15) is 10.8 Å². The highest BCUT2D eigenvalue weighted by atomic mass is 32.1. The molecule has 2 heterocycles. The zero-order valence-corrected chi connectivity index (χ0v) is 19.7. The number of benzene rings is 1. The molecule has 1 aliphatic carbocycles. The Hall–Kier alpha value is -2.16. The van der Waals surface area contributed by atoms with Gasteiger partial charge in [0.25, 0.3) is 0 Å². The molecule has 0 radical (unpaired) electrons. The molecular weight excluding hydrogens is 430 g/mol. The Morgan fingerprint density at radius 3 is 2.68 bits per heavy atom. The van der Waals surface area contributed by atoms with Crippen LogP contribution in [-0.4, -0.2) is 61.3 Å². The number of nitrogens with zero attached hydrogens (tertiary/aromatic N) is 2. The highest BCUT2D eigenvalue weighted by Crippen LogP contribution is 2.38. The number of methoxy groups -OCH3 is 2. The van der Waals surface area contributed by atoms with Crippen LogP contribution in [0.25, 0.3) is 0 Å². The second kappa shape index (κ2) is 9.97. The molecule has 1 fully saturated rings. The summed E-state index contributed by atoms with van der Waals surface area (Å²) in [4.78, 5) is 18.4. The van der Waals surface area contributed by atoms with Crippen molar-refractivity contribution in [2.24, 2.45) is 0 Å². The summed E-state index contributed by atoms with van der Waals surface area (Å²) in [6.45, 7) is 4.48. The van der Waals surface area contributed by atoms with Gasteiger partial charge in [0.05, 0.1) is 19.8 Å². The molecule has 1 aromatic heterocycles. The van der Waals surface area contributed by atoms with Gasteiger partial charge >= 0.3 is 5.97 Å². The van der Waals surface area contributed by atoms with E-state index in [0.29, 0.717) is 10.7 Å². The van der Waals surface area contributed by atoms with Gasteiger partial charge in [-0.3, -0.25) is 4.90 Å². The Kier molecular flexibility index (Phi) is 7.09. The number of thiophene rings is 1. The van der Waals surface area contributed by atoms with Crippen molar-refractivity contribution in [3.05, 3.63) is 45.8 Å². The molecule has 0 atom stereocenters. The highest BCUT2D eigenvalue weighted by molar-refractivity contribution is 7.80. The number of hydrogen-bond acceptors (Lipinski definition) is 6. The summed E-state index contributed by atoms with van der Waals surface area (Å²) in [5.41, 5.74) is 3.08. The fourth-order valence-electron chi connectivity index (χ4n) is 4.29. The van der Waals surface area contributed by atoms with Gasteiger partial charge in [0.2, 0.25) is 0 Å². The molecule has 0 bridgehead atoms. The van der Waals surface area contributed by atoms with Crippen LogP contribution in [0.5, 0.6) is 5.75 Å². The predicted octanol–water partition coefficient (Wildman–Crippen LogP) is 3.94. The number of fused-ring (bicyclic) bond motifs is 1. The summed E-state index contributed by atoms with van der Waals surface area (Å²) in [6, 6.07) is 8.22. The number of anilines is 1. The molecule has 31 heavy (non-hydrogen) atoms. The van der Waals surface area contributed by atoms with Gasteiger partial charge in [-0.1, -0.05) is 12.1 Å². The lowest BCUT2D eigenvalue weighted by molar-refractivity contribution is 0.0601. The standard InChI is InChI=1S/C23H29N3O3S2/c1-28-17-7-5-6-16(14-17)15-25-10-12-26(13-11-25)23(30)24-21-20(22(27)29-2)18-8-3-4-9-19(18)31-21/h5-7,14H,3-4,8-13,15H2,1-2H3,(H,24,30). The van der Waals surface area contributed by atoms with E-state index in [1.807, 2.05) is 12.1 Å². The molecule has 1 aromatic carbocycles. The predicted molar refractivity (Wildman–Crippen MR) is 128 cm³/mol. The lowest BCUT2D eigenvalue weighted by atomic mass is 9.95. The van der Waals surface area contributed by atoms with E-state index in [4.69, 9.17) is 21.7 Å². The van der Waals surface area contributed by atoms with Crippen LogP contribution < -0.4 is 10.1 Å². The summed E-state index contributed by atoms with van der Waals surface area (Å²) in [5, 5.41) is 4.89. The van der Waals surface area contributed by atoms with Crippen molar-refractivity contribution in [2.75, 3.05) is 45.7 Å². The number of piperazine rings is 1. The Morgan fingerprint density at radius 1 is 1.16 bits per heavy atom. The SMILES string of the molecule is COC(=O)c1c(NC(=S)N2CCN(Cc3cccc(OC)c3)CC2)sc2c1CCCC2. The van der Waals surface area contributed by atoms with Crippen LogP contribution in [0, 0.1) is 0 Å². The molecule has 0 spiro atoms. The lowest BCUT2D eigenvalue weighted by Crippen LogP contribution is -2.49. The first-order chi connectivity index (χ1) is 15.1. The van der Waals surface area contributed by atoms with E-state index >= 15 is 0 Å². The van der Waals surface area contributed by atoms with Gasteiger partial charge in [0, 0.05) is 37.6 Å². The molecule has 8 heteroatoms. The average Bonchev–Trinajstić information content (AvgIpc) is 3.17. The van der Waals surface area contributed by atoms with Crippen molar-refractivity contribution in [2.45, 2.75) is 32.2 Å². The molecule has 0 unspecified atom stereocenters. The minimum atomic E-state index is -0.271. The number of rotatable bonds is 5. The van der Waals surface area contributed by atoms with Gasteiger partial charge in [-0.05, 0) is 61.2 Å². The van der Waals surface area contributed by atoms with Crippen LogP contribution in [0.3, 0.4) is 0 Å². The van der Waals surface area contributed by atoms with Crippen LogP contribution >= 0.6 is 23.6 Å². The first-order valence-electron chi connectivity index (χ1n) is 10.7. The number of hydrogen-bond donors (Lipinski definition) is 1. The van der Waals surface area contributed by atoms with Gasteiger partial charge < -0.3 is 19.7 Å². The third-order valence-corrected chi connectivity index (χ3v) is 7.55. The zero-order valence-electron chi connectivity index (χ0n) is 18.1. The maximum atomic E-state index is 12.5. The number of nitrogens with one attached hydrogen (secondary N) is 1. The third kappa shape index (κ3) is 5.02. The van der Waals surface area contributed by atoms with E-state index in [2.05, 4.69) is 27.2 Å². The van der Waals surface area contributed by atoms with E-state index in [0.717, 1.165) is 68.3 Å². The summed E-state index contributed by atoms with van der Waals surface area (Å²) < 4.78 is 10.4. The molecule has 2 aromatic rings. The first kappa shape index (κ1) is 22.0. The number of carbonyl (C=O) groups is 1. The van der Waals surface area contributed by atoms with Crippen LogP contribution in [-0.2, 0) is 24.1 Å². The Bertz CT molecular complexity index is 952.